The molecule has 0 fully saturated rings. The van der Waals surface area contributed by atoms with E-state index in [4.69, 9.17) is 0 Å². The first-order valence-electron chi connectivity index (χ1n) is 7.37. The van der Waals surface area contributed by atoms with Crippen molar-refractivity contribution < 1.29 is 4.21 Å². The number of thiazole rings is 1. The first-order chi connectivity index (χ1) is 11.6. The van der Waals surface area contributed by atoms with E-state index in [2.05, 4.69) is 15.5 Å². The molecule has 1 unspecified atom stereocenters. The standard InChI is InChI=1S/C18H17N3OS2/c1-13-12-23-18(20-13)21-19-11-14-7-9-15(10-8-14)16-5-3-4-6-17(16)24(2)22/h3-12H,1-2H3,(H,20,21). The van der Waals surface area contributed by atoms with Crippen molar-refractivity contribution in [3.8, 4) is 11.1 Å². The van der Waals surface area contributed by atoms with Crippen LogP contribution < -0.4 is 5.43 Å². The fraction of sp³-hybridized carbons (Fsp3) is 0.111. The molecule has 0 aliphatic rings. The number of benzene rings is 2. The van der Waals surface area contributed by atoms with Crippen molar-refractivity contribution in [2.45, 2.75) is 11.8 Å². The van der Waals surface area contributed by atoms with Crippen LogP contribution in [0, 0.1) is 6.92 Å². The van der Waals surface area contributed by atoms with Crippen LogP contribution in [0.2, 0.25) is 0 Å². The third kappa shape index (κ3) is 3.96. The summed E-state index contributed by atoms with van der Waals surface area (Å²) in [5.41, 5.74) is 6.92. The molecule has 0 aliphatic heterocycles. The molecular weight excluding hydrogens is 338 g/mol. The van der Waals surface area contributed by atoms with Gasteiger partial charge in [-0.2, -0.15) is 5.10 Å². The fourth-order valence-electron chi connectivity index (χ4n) is 2.27. The summed E-state index contributed by atoms with van der Waals surface area (Å²) in [5.74, 6) is 0. The third-order valence-electron chi connectivity index (χ3n) is 3.41. The van der Waals surface area contributed by atoms with Gasteiger partial charge in [0, 0.05) is 16.5 Å². The molecule has 1 N–H and O–H groups in total. The number of hydrogen-bond donors (Lipinski definition) is 1. The lowest BCUT2D eigenvalue weighted by molar-refractivity contribution is 0.687. The molecule has 0 aliphatic carbocycles. The summed E-state index contributed by atoms with van der Waals surface area (Å²) in [6.45, 7) is 1.95. The van der Waals surface area contributed by atoms with Gasteiger partial charge in [0.1, 0.15) is 0 Å². The molecule has 3 aromatic rings. The molecule has 1 heterocycles. The van der Waals surface area contributed by atoms with Crippen LogP contribution in [-0.2, 0) is 10.8 Å². The van der Waals surface area contributed by atoms with Gasteiger partial charge in [-0.25, -0.2) is 4.98 Å². The summed E-state index contributed by atoms with van der Waals surface area (Å²) in [6, 6.07) is 15.8. The van der Waals surface area contributed by atoms with Gasteiger partial charge in [0.2, 0.25) is 5.13 Å². The highest BCUT2D eigenvalue weighted by Gasteiger charge is 2.07. The van der Waals surface area contributed by atoms with Crippen LogP contribution in [0.15, 0.2) is 63.9 Å². The maximum absolute atomic E-state index is 11.9. The molecule has 0 spiro atoms. The average molecular weight is 355 g/mol. The molecule has 1 aromatic heterocycles. The Hall–Kier alpha value is -2.31. The van der Waals surface area contributed by atoms with Crippen molar-refractivity contribution in [3.63, 3.8) is 0 Å². The second-order valence-corrected chi connectivity index (χ2v) is 7.44. The summed E-state index contributed by atoms with van der Waals surface area (Å²) in [7, 11) is -1.01. The molecule has 0 saturated carbocycles. The Labute approximate surface area is 147 Å². The quantitative estimate of drug-likeness (QED) is 0.548. The molecule has 0 saturated heterocycles. The van der Waals surface area contributed by atoms with Gasteiger partial charge in [-0.3, -0.25) is 9.63 Å². The predicted molar refractivity (Wildman–Crippen MR) is 102 cm³/mol. The minimum absolute atomic E-state index is 0.778. The number of hydrazone groups is 1. The minimum atomic E-state index is -1.01. The zero-order valence-electron chi connectivity index (χ0n) is 13.4. The van der Waals surface area contributed by atoms with Crippen LogP contribution in [-0.4, -0.2) is 21.7 Å². The number of aryl methyl sites for hydroxylation is 1. The van der Waals surface area contributed by atoms with Crippen molar-refractivity contribution in [1.82, 2.24) is 4.98 Å². The second-order valence-electron chi connectivity index (χ2n) is 5.24. The molecule has 4 nitrogen and oxygen atoms in total. The molecule has 24 heavy (non-hydrogen) atoms. The Balaban J connectivity index is 1.75. The lowest BCUT2D eigenvalue weighted by Crippen LogP contribution is -1.93. The lowest BCUT2D eigenvalue weighted by Gasteiger charge is -2.07. The highest BCUT2D eigenvalue weighted by molar-refractivity contribution is 7.84. The first-order valence-corrected chi connectivity index (χ1v) is 9.81. The molecule has 122 valence electrons. The Morgan fingerprint density at radius 2 is 1.92 bits per heavy atom. The molecule has 0 radical (unpaired) electrons. The number of rotatable bonds is 5. The summed E-state index contributed by atoms with van der Waals surface area (Å²) in [5, 5.41) is 6.95. The van der Waals surface area contributed by atoms with Gasteiger partial charge in [0.15, 0.2) is 0 Å². The highest BCUT2D eigenvalue weighted by Crippen LogP contribution is 2.25. The predicted octanol–water partition coefficient (Wildman–Crippen LogP) is 4.30. The lowest BCUT2D eigenvalue weighted by atomic mass is 10.0. The van der Waals surface area contributed by atoms with Gasteiger partial charge >= 0.3 is 0 Å². The van der Waals surface area contributed by atoms with Crippen molar-refractivity contribution in [3.05, 3.63) is 65.2 Å². The Kier molecular flexibility index (Phi) is 5.17. The Morgan fingerprint density at radius 3 is 2.58 bits per heavy atom. The van der Waals surface area contributed by atoms with E-state index in [-0.39, 0.29) is 0 Å². The van der Waals surface area contributed by atoms with Crippen molar-refractivity contribution >= 4 is 33.5 Å². The molecule has 0 amide bonds. The van der Waals surface area contributed by atoms with E-state index in [0.717, 1.165) is 32.4 Å². The number of anilines is 1. The largest absolute Gasteiger partial charge is 0.255 e. The molecule has 3 rings (SSSR count). The van der Waals surface area contributed by atoms with Crippen LogP contribution in [0.1, 0.15) is 11.3 Å². The van der Waals surface area contributed by atoms with Crippen LogP contribution in [0.4, 0.5) is 5.13 Å². The first kappa shape index (κ1) is 16.5. The molecule has 6 heteroatoms. The molecule has 0 bridgehead atoms. The van der Waals surface area contributed by atoms with E-state index in [9.17, 15) is 4.21 Å². The van der Waals surface area contributed by atoms with Gasteiger partial charge < -0.3 is 0 Å². The van der Waals surface area contributed by atoms with Crippen molar-refractivity contribution in [2.24, 2.45) is 5.10 Å². The average Bonchev–Trinajstić information content (AvgIpc) is 3.01. The summed E-state index contributed by atoms with van der Waals surface area (Å²) < 4.78 is 11.9. The normalized spacial score (nSPS) is 12.4. The summed E-state index contributed by atoms with van der Waals surface area (Å²) in [4.78, 5) is 5.13. The fourth-order valence-corrected chi connectivity index (χ4v) is 3.67. The maximum atomic E-state index is 11.9. The molecule has 2 aromatic carbocycles. The van der Waals surface area contributed by atoms with Gasteiger partial charge in [0.05, 0.1) is 22.7 Å². The van der Waals surface area contributed by atoms with E-state index in [1.165, 1.54) is 11.3 Å². The maximum Gasteiger partial charge on any atom is 0.203 e. The van der Waals surface area contributed by atoms with Gasteiger partial charge in [-0.15, -0.1) is 11.3 Å². The van der Waals surface area contributed by atoms with Gasteiger partial charge in [-0.1, -0.05) is 42.5 Å². The SMILES string of the molecule is Cc1csc(NN=Cc2ccc(-c3ccccc3S(C)=O)cc2)n1. The minimum Gasteiger partial charge on any atom is -0.255 e. The van der Waals surface area contributed by atoms with E-state index < -0.39 is 10.8 Å². The van der Waals surface area contributed by atoms with E-state index >= 15 is 0 Å². The molecular formula is C18H17N3OS2. The Morgan fingerprint density at radius 1 is 1.17 bits per heavy atom. The summed E-state index contributed by atoms with van der Waals surface area (Å²) >= 11 is 1.52. The molecule has 1 atom stereocenters. The van der Waals surface area contributed by atoms with Crippen molar-refractivity contribution in [1.29, 1.82) is 0 Å². The van der Waals surface area contributed by atoms with Crippen LogP contribution in [0.5, 0.6) is 0 Å². The van der Waals surface area contributed by atoms with Crippen LogP contribution in [0.25, 0.3) is 11.1 Å². The van der Waals surface area contributed by atoms with Crippen LogP contribution in [0.3, 0.4) is 0 Å². The van der Waals surface area contributed by atoms with Crippen LogP contribution >= 0.6 is 11.3 Å². The Bertz CT molecular complexity index is 885. The number of nitrogens with one attached hydrogen (secondary N) is 1. The van der Waals surface area contributed by atoms with E-state index in [1.54, 1.807) is 12.5 Å². The van der Waals surface area contributed by atoms with Gasteiger partial charge in [-0.05, 0) is 29.7 Å². The number of aromatic nitrogens is 1. The number of nitrogens with zero attached hydrogens (tertiary/aromatic N) is 2. The zero-order chi connectivity index (χ0) is 16.9. The zero-order valence-corrected chi connectivity index (χ0v) is 15.0. The van der Waals surface area contributed by atoms with E-state index in [0.29, 0.717) is 0 Å². The van der Waals surface area contributed by atoms with Gasteiger partial charge in [0.25, 0.3) is 0 Å². The monoisotopic (exact) mass is 355 g/mol. The summed E-state index contributed by atoms with van der Waals surface area (Å²) in [6.07, 6.45) is 3.45. The smallest absolute Gasteiger partial charge is 0.203 e. The number of hydrogen-bond acceptors (Lipinski definition) is 5. The third-order valence-corrected chi connectivity index (χ3v) is 5.25. The second kappa shape index (κ2) is 7.51. The van der Waals surface area contributed by atoms with E-state index in [1.807, 2.05) is 60.8 Å². The van der Waals surface area contributed by atoms with Crippen molar-refractivity contribution in [2.75, 3.05) is 11.7 Å². The topological polar surface area (TPSA) is 54.4 Å². The highest BCUT2D eigenvalue weighted by atomic mass is 32.2.